The maximum Gasteiger partial charge on any atom is 0.416 e. The Labute approximate surface area is 203 Å². The van der Waals surface area contributed by atoms with Gasteiger partial charge in [0, 0.05) is 12.8 Å². The van der Waals surface area contributed by atoms with Crippen molar-refractivity contribution < 1.29 is 27.9 Å². The highest BCUT2D eigenvalue weighted by atomic mass is 19.4. The molecular formula is C27H18F3N2O4-. The number of nitrogens with zero attached hydrogens (tertiary/aromatic N) is 2. The summed E-state index contributed by atoms with van der Waals surface area (Å²) in [5.41, 5.74) is -2.07. The second-order valence-corrected chi connectivity index (χ2v) is 7.99. The quantitative estimate of drug-likeness (QED) is 0.368. The minimum atomic E-state index is -4.59. The number of hydrogen-bond acceptors (Lipinski definition) is 5. The fraction of sp³-hybridized carbons (Fsp3) is 0.111. The van der Waals surface area contributed by atoms with E-state index in [9.17, 15) is 32.7 Å². The Morgan fingerprint density at radius 2 is 1.39 bits per heavy atom. The summed E-state index contributed by atoms with van der Waals surface area (Å²) in [6.07, 6.45) is -4.79. The molecule has 3 aromatic carbocycles. The van der Waals surface area contributed by atoms with Crippen molar-refractivity contribution in [3.63, 3.8) is 0 Å². The molecule has 1 heterocycles. The van der Waals surface area contributed by atoms with Crippen LogP contribution in [0.25, 0.3) is 5.69 Å². The summed E-state index contributed by atoms with van der Waals surface area (Å²) in [7, 11) is 0. The van der Waals surface area contributed by atoms with Gasteiger partial charge < -0.3 is 9.90 Å². The van der Waals surface area contributed by atoms with Gasteiger partial charge in [-0.15, -0.1) is 0 Å². The van der Waals surface area contributed by atoms with Gasteiger partial charge in [0.2, 0.25) is 5.43 Å². The lowest BCUT2D eigenvalue weighted by atomic mass is 9.97. The van der Waals surface area contributed by atoms with Gasteiger partial charge in [-0.05, 0) is 35.4 Å². The molecule has 0 aliphatic heterocycles. The van der Waals surface area contributed by atoms with E-state index in [0.29, 0.717) is 11.1 Å². The molecule has 1 aromatic heterocycles. The maximum absolute atomic E-state index is 13.4. The number of carbonyl (C=O) groups is 2. The van der Waals surface area contributed by atoms with Gasteiger partial charge >= 0.3 is 6.18 Å². The van der Waals surface area contributed by atoms with Crippen molar-refractivity contribution in [1.29, 1.82) is 0 Å². The third-order valence-corrected chi connectivity index (χ3v) is 5.52. The predicted molar refractivity (Wildman–Crippen MR) is 123 cm³/mol. The van der Waals surface area contributed by atoms with Gasteiger partial charge in [0.05, 0.1) is 28.5 Å². The van der Waals surface area contributed by atoms with Gasteiger partial charge in [0.15, 0.2) is 11.5 Å². The van der Waals surface area contributed by atoms with Crippen molar-refractivity contribution in [3.8, 4) is 5.69 Å². The first kappa shape index (κ1) is 24.6. The molecule has 36 heavy (non-hydrogen) atoms. The van der Waals surface area contributed by atoms with Crippen LogP contribution in [-0.2, 0) is 19.0 Å². The highest BCUT2D eigenvalue weighted by Gasteiger charge is 2.30. The fourth-order valence-electron chi connectivity index (χ4n) is 3.81. The molecule has 0 saturated carbocycles. The van der Waals surface area contributed by atoms with Crippen molar-refractivity contribution in [1.82, 2.24) is 9.78 Å². The summed E-state index contributed by atoms with van der Waals surface area (Å²) in [4.78, 5) is 38.3. The molecule has 0 saturated heterocycles. The summed E-state index contributed by atoms with van der Waals surface area (Å²) in [6, 6.07) is 21.1. The highest BCUT2D eigenvalue weighted by Crippen LogP contribution is 2.30. The molecule has 9 heteroatoms. The summed E-state index contributed by atoms with van der Waals surface area (Å²) in [6.45, 7) is 0. The number of benzene rings is 3. The zero-order valence-electron chi connectivity index (χ0n) is 18.7. The molecule has 0 radical (unpaired) electrons. The van der Waals surface area contributed by atoms with Gasteiger partial charge in [-0.2, -0.15) is 18.3 Å². The number of hydrogen-bond donors (Lipinski definition) is 0. The zero-order valence-corrected chi connectivity index (χ0v) is 18.7. The molecule has 0 spiro atoms. The van der Waals surface area contributed by atoms with Gasteiger partial charge in [0.1, 0.15) is 0 Å². The molecule has 0 unspecified atom stereocenters. The Hall–Kier alpha value is -4.53. The third kappa shape index (κ3) is 5.25. The fourth-order valence-corrected chi connectivity index (χ4v) is 3.81. The predicted octanol–water partition coefficient (Wildman–Crippen LogP) is 3.63. The van der Waals surface area contributed by atoms with E-state index in [1.807, 2.05) is 0 Å². The third-order valence-electron chi connectivity index (χ3n) is 5.52. The maximum atomic E-state index is 13.4. The Bertz CT molecular complexity index is 1460. The minimum absolute atomic E-state index is 0.00665. The number of Topliss-reactive ketones (excluding diaryl/α,β-unsaturated/α-hetero) is 1. The number of carboxylic acids is 1. The van der Waals surface area contributed by atoms with Crippen LogP contribution in [0.15, 0.2) is 89.7 Å². The summed E-state index contributed by atoms with van der Waals surface area (Å²) >= 11 is 0. The molecule has 182 valence electrons. The number of aromatic carboxylic acids is 1. The van der Waals surface area contributed by atoms with E-state index < -0.39 is 40.2 Å². The lowest BCUT2D eigenvalue weighted by Crippen LogP contribution is -2.37. The molecule has 0 N–H and O–H groups in total. The van der Waals surface area contributed by atoms with Crippen LogP contribution in [0.5, 0.6) is 0 Å². The van der Waals surface area contributed by atoms with Gasteiger partial charge in [-0.1, -0.05) is 60.7 Å². The molecule has 0 aliphatic rings. The largest absolute Gasteiger partial charge is 0.543 e. The average Bonchev–Trinajstić information content (AvgIpc) is 2.85. The Morgan fingerprint density at radius 3 is 1.92 bits per heavy atom. The SMILES string of the molecule is O=C([O-])c1nn(-c2ccc(C(F)(F)F)cc2)c(Cc2ccccc2)c(C(=O)Cc2ccccc2)c1=O. The smallest absolute Gasteiger partial charge is 0.416 e. The van der Waals surface area contributed by atoms with Crippen LogP contribution in [-0.4, -0.2) is 21.5 Å². The summed E-state index contributed by atoms with van der Waals surface area (Å²) < 4.78 is 40.3. The van der Waals surface area contributed by atoms with Crippen LogP contribution in [0.3, 0.4) is 0 Å². The average molecular weight is 491 g/mol. The summed E-state index contributed by atoms with van der Waals surface area (Å²) in [5, 5.41) is 15.6. The number of carbonyl (C=O) groups excluding carboxylic acids is 2. The van der Waals surface area contributed by atoms with E-state index in [1.165, 1.54) is 0 Å². The number of ketones is 1. The number of carboxylic acid groups (broad SMARTS) is 1. The van der Waals surface area contributed by atoms with Crippen molar-refractivity contribution in [2.24, 2.45) is 0 Å². The van der Waals surface area contributed by atoms with Gasteiger partial charge in [0.25, 0.3) is 0 Å². The van der Waals surface area contributed by atoms with Crippen molar-refractivity contribution in [2.45, 2.75) is 19.0 Å². The van der Waals surface area contributed by atoms with Crippen molar-refractivity contribution in [2.75, 3.05) is 0 Å². The first-order valence-corrected chi connectivity index (χ1v) is 10.8. The number of alkyl halides is 3. The molecule has 0 aliphatic carbocycles. The molecule has 4 aromatic rings. The molecule has 0 bridgehead atoms. The lowest BCUT2D eigenvalue weighted by molar-refractivity contribution is -0.255. The van der Waals surface area contributed by atoms with Gasteiger partial charge in [-0.3, -0.25) is 9.59 Å². The van der Waals surface area contributed by atoms with E-state index >= 15 is 0 Å². The number of aromatic nitrogens is 2. The standard InChI is InChI=1S/C27H19F3N2O4/c28-27(29,30)19-11-13-20(14-12-19)32-21(15-17-7-3-1-4-8-17)23(25(34)24(31-32)26(35)36)22(33)16-18-9-5-2-6-10-18/h1-14H,15-16H2,(H,35,36)/p-1. The summed E-state index contributed by atoms with van der Waals surface area (Å²) in [5.74, 6) is -2.55. The topological polar surface area (TPSA) is 92.1 Å². The molecule has 4 rings (SSSR count). The zero-order chi connectivity index (χ0) is 25.9. The number of rotatable bonds is 7. The Kier molecular flexibility index (Phi) is 6.82. The van der Waals surface area contributed by atoms with Crippen LogP contribution in [0.1, 0.15) is 43.2 Å². The van der Waals surface area contributed by atoms with Crippen molar-refractivity contribution >= 4 is 11.8 Å². The van der Waals surface area contributed by atoms with Crippen LogP contribution in [0.2, 0.25) is 0 Å². The van der Waals surface area contributed by atoms with Crippen molar-refractivity contribution in [3.05, 3.63) is 129 Å². The monoisotopic (exact) mass is 491 g/mol. The van der Waals surface area contributed by atoms with Crippen LogP contribution < -0.4 is 10.5 Å². The molecular weight excluding hydrogens is 473 g/mol. The van der Waals surface area contributed by atoms with E-state index in [1.54, 1.807) is 60.7 Å². The first-order chi connectivity index (χ1) is 17.1. The molecule has 6 nitrogen and oxygen atoms in total. The first-order valence-electron chi connectivity index (χ1n) is 10.8. The van der Waals surface area contributed by atoms with Crippen LogP contribution in [0.4, 0.5) is 13.2 Å². The van der Waals surface area contributed by atoms with E-state index in [0.717, 1.165) is 28.9 Å². The van der Waals surface area contributed by atoms with E-state index in [-0.39, 0.29) is 24.2 Å². The second kappa shape index (κ2) is 9.99. The van der Waals surface area contributed by atoms with E-state index in [2.05, 4.69) is 5.10 Å². The van der Waals surface area contributed by atoms with E-state index in [4.69, 9.17) is 0 Å². The molecule has 0 fully saturated rings. The highest BCUT2D eigenvalue weighted by molar-refractivity contribution is 6.00. The molecule has 0 atom stereocenters. The molecule has 0 amide bonds. The van der Waals surface area contributed by atoms with Crippen LogP contribution in [0, 0.1) is 0 Å². The Balaban J connectivity index is 1.95. The van der Waals surface area contributed by atoms with Crippen LogP contribution >= 0.6 is 0 Å². The second-order valence-electron chi connectivity index (χ2n) is 7.99. The number of halogens is 3. The Morgan fingerprint density at radius 1 is 0.833 bits per heavy atom. The normalized spacial score (nSPS) is 11.3. The van der Waals surface area contributed by atoms with Gasteiger partial charge in [-0.25, -0.2) is 4.68 Å². The minimum Gasteiger partial charge on any atom is -0.543 e. The lowest BCUT2D eigenvalue weighted by Gasteiger charge is -2.19.